The molecule has 1 N–H and O–H groups in total. The molecule has 0 aliphatic carbocycles. The van der Waals surface area contributed by atoms with Crippen LogP contribution in [0.3, 0.4) is 0 Å². The van der Waals surface area contributed by atoms with Crippen LogP contribution in [-0.4, -0.2) is 23.4 Å². The minimum atomic E-state index is -0.336. The van der Waals surface area contributed by atoms with Crippen LogP contribution >= 0.6 is 0 Å². The van der Waals surface area contributed by atoms with Crippen molar-refractivity contribution >= 4 is 0 Å². The average molecular weight is 128 g/mol. The van der Waals surface area contributed by atoms with Crippen molar-refractivity contribution in [3.8, 4) is 0 Å². The number of hydrogen-bond donors (Lipinski definition) is 1. The first-order chi connectivity index (χ1) is 4.25. The molecule has 0 aromatic rings. The zero-order chi connectivity index (χ0) is 6.85. The molecule has 1 heterocycles. The van der Waals surface area contributed by atoms with E-state index in [0.29, 0.717) is 6.42 Å². The van der Waals surface area contributed by atoms with Gasteiger partial charge in [-0.05, 0) is 13.3 Å². The highest BCUT2D eigenvalue weighted by Crippen LogP contribution is 2.25. The smallest absolute Gasteiger partial charge is 0.110 e. The highest BCUT2D eigenvalue weighted by atomic mass is 16.6. The van der Waals surface area contributed by atoms with E-state index < -0.39 is 0 Å². The van der Waals surface area contributed by atoms with Crippen molar-refractivity contribution in [2.45, 2.75) is 31.7 Å². The zero-order valence-electron chi connectivity index (χ0n) is 5.58. The Hall–Kier alpha value is -0.340. The summed E-state index contributed by atoms with van der Waals surface area (Å²) in [5.74, 6) is 0. The summed E-state index contributed by atoms with van der Waals surface area (Å²) in [6.45, 7) is 5.48. The molecule has 1 aliphatic rings. The molecular formula is C7H12O2. The van der Waals surface area contributed by atoms with E-state index in [0.717, 1.165) is 0 Å². The molecule has 1 fully saturated rings. The molecule has 0 amide bonds. The predicted octanol–water partition coefficient (Wildman–Crippen LogP) is 0.711. The Morgan fingerprint density at radius 1 is 1.89 bits per heavy atom. The Labute approximate surface area is 55.1 Å². The largest absolute Gasteiger partial charge is 0.390 e. The van der Waals surface area contributed by atoms with Gasteiger partial charge in [-0.1, -0.05) is 6.08 Å². The molecule has 52 valence electrons. The maximum absolute atomic E-state index is 9.16. The summed E-state index contributed by atoms with van der Waals surface area (Å²) < 4.78 is 5.03. The van der Waals surface area contributed by atoms with Gasteiger partial charge in [0.1, 0.15) is 6.10 Å². The molecule has 0 unspecified atom stereocenters. The Bertz CT molecular complexity index is 111. The van der Waals surface area contributed by atoms with E-state index in [-0.39, 0.29) is 18.3 Å². The van der Waals surface area contributed by atoms with Gasteiger partial charge in [0.2, 0.25) is 0 Å². The van der Waals surface area contributed by atoms with Crippen LogP contribution in [0.25, 0.3) is 0 Å². The number of ether oxygens (including phenoxy) is 1. The first kappa shape index (κ1) is 6.78. The van der Waals surface area contributed by atoms with Crippen LogP contribution in [0.5, 0.6) is 0 Å². The van der Waals surface area contributed by atoms with Crippen molar-refractivity contribution in [2.75, 3.05) is 0 Å². The highest BCUT2D eigenvalue weighted by molar-refractivity contribution is 4.90. The van der Waals surface area contributed by atoms with E-state index in [1.54, 1.807) is 6.08 Å². The van der Waals surface area contributed by atoms with E-state index >= 15 is 0 Å². The first-order valence-corrected chi connectivity index (χ1v) is 3.20. The Morgan fingerprint density at radius 2 is 2.44 bits per heavy atom. The number of aliphatic hydroxyl groups excluding tert-OH is 1. The third-order valence-corrected chi connectivity index (χ3v) is 1.55. The summed E-state index contributed by atoms with van der Waals surface area (Å²) in [5.41, 5.74) is 0. The van der Waals surface area contributed by atoms with Gasteiger partial charge in [-0.2, -0.15) is 0 Å². The van der Waals surface area contributed by atoms with Crippen LogP contribution < -0.4 is 0 Å². The fourth-order valence-electron chi connectivity index (χ4n) is 0.911. The van der Waals surface area contributed by atoms with Gasteiger partial charge in [0.15, 0.2) is 0 Å². The van der Waals surface area contributed by atoms with Gasteiger partial charge < -0.3 is 9.84 Å². The first-order valence-electron chi connectivity index (χ1n) is 3.20. The minimum absolute atomic E-state index is 0.0722. The van der Waals surface area contributed by atoms with Gasteiger partial charge in [0.05, 0.1) is 12.2 Å². The van der Waals surface area contributed by atoms with Crippen molar-refractivity contribution in [3.63, 3.8) is 0 Å². The quantitative estimate of drug-likeness (QED) is 0.448. The Morgan fingerprint density at radius 3 is 2.78 bits per heavy atom. The molecule has 0 radical (unpaired) electrons. The summed E-state index contributed by atoms with van der Waals surface area (Å²) in [5, 5.41) is 9.16. The maximum Gasteiger partial charge on any atom is 0.110 e. The molecule has 1 aliphatic heterocycles. The summed E-state index contributed by atoms with van der Waals surface area (Å²) in [4.78, 5) is 0. The second-order valence-corrected chi connectivity index (χ2v) is 2.40. The lowest BCUT2D eigenvalue weighted by molar-refractivity contribution is 0.138. The molecule has 0 saturated carbocycles. The number of rotatable bonds is 3. The molecule has 0 spiro atoms. The van der Waals surface area contributed by atoms with Crippen LogP contribution in [0, 0.1) is 0 Å². The zero-order valence-corrected chi connectivity index (χ0v) is 5.58. The molecule has 0 aromatic carbocycles. The lowest BCUT2D eigenvalue weighted by atomic mass is 10.1. The molecule has 0 bridgehead atoms. The molecule has 9 heavy (non-hydrogen) atoms. The Kier molecular flexibility index (Phi) is 1.88. The lowest BCUT2D eigenvalue weighted by Gasteiger charge is -2.00. The summed E-state index contributed by atoms with van der Waals surface area (Å²) in [7, 11) is 0. The van der Waals surface area contributed by atoms with Crippen LogP contribution in [0.1, 0.15) is 13.3 Å². The topological polar surface area (TPSA) is 32.8 Å². The van der Waals surface area contributed by atoms with Crippen molar-refractivity contribution in [1.29, 1.82) is 0 Å². The van der Waals surface area contributed by atoms with Crippen molar-refractivity contribution in [2.24, 2.45) is 0 Å². The van der Waals surface area contributed by atoms with Crippen molar-refractivity contribution in [1.82, 2.24) is 0 Å². The summed E-state index contributed by atoms with van der Waals surface area (Å²) in [6.07, 6.45) is 2.33. The van der Waals surface area contributed by atoms with Crippen LogP contribution in [-0.2, 0) is 4.74 Å². The second kappa shape index (κ2) is 2.50. The molecule has 3 atom stereocenters. The van der Waals surface area contributed by atoms with Gasteiger partial charge in [-0.25, -0.2) is 0 Å². The van der Waals surface area contributed by atoms with Gasteiger partial charge in [-0.15, -0.1) is 6.58 Å². The molecule has 2 heteroatoms. The molecule has 2 nitrogen and oxygen atoms in total. The Balaban J connectivity index is 2.18. The fraction of sp³-hybridized carbons (Fsp3) is 0.714. The molecule has 1 saturated heterocycles. The number of epoxide rings is 1. The second-order valence-electron chi connectivity index (χ2n) is 2.40. The lowest BCUT2D eigenvalue weighted by Crippen LogP contribution is -2.14. The normalized spacial score (nSPS) is 35.8. The third-order valence-electron chi connectivity index (χ3n) is 1.55. The molecular weight excluding hydrogens is 116 g/mol. The highest BCUT2D eigenvalue weighted by Gasteiger charge is 2.39. The van der Waals surface area contributed by atoms with E-state index in [1.165, 1.54) is 0 Å². The number of aliphatic hydroxyl groups is 1. The van der Waals surface area contributed by atoms with E-state index in [4.69, 9.17) is 9.84 Å². The summed E-state index contributed by atoms with van der Waals surface area (Å²) in [6, 6.07) is 0. The molecule has 0 aromatic heterocycles. The van der Waals surface area contributed by atoms with Crippen molar-refractivity contribution < 1.29 is 9.84 Å². The SMILES string of the molecule is C=CC[C@H](O)[C@@H]1O[C@H]1C. The van der Waals surface area contributed by atoms with Gasteiger partial charge in [0, 0.05) is 0 Å². The maximum atomic E-state index is 9.16. The number of hydrogen-bond acceptors (Lipinski definition) is 2. The van der Waals surface area contributed by atoms with Gasteiger partial charge in [0.25, 0.3) is 0 Å². The fourth-order valence-corrected chi connectivity index (χ4v) is 0.911. The predicted molar refractivity (Wildman–Crippen MR) is 35.2 cm³/mol. The van der Waals surface area contributed by atoms with E-state index in [9.17, 15) is 0 Å². The summed E-state index contributed by atoms with van der Waals surface area (Å²) >= 11 is 0. The van der Waals surface area contributed by atoms with Gasteiger partial charge >= 0.3 is 0 Å². The van der Waals surface area contributed by atoms with E-state index in [1.807, 2.05) is 6.92 Å². The van der Waals surface area contributed by atoms with E-state index in [2.05, 4.69) is 6.58 Å². The minimum Gasteiger partial charge on any atom is -0.390 e. The van der Waals surface area contributed by atoms with Crippen LogP contribution in [0.2, 0.25) is 0 Å². The average Bonchev–Trinajstić information content (AvgIpc) is 2.47. The standard InChI is InChI=1S/C7H12O2/c1-3-4-6(8)7-5(2)9-7/h3,5-8H,1,4H2,2H3/t5-,6-,7+/m0/s1. The molecule has 1 rings (SSSR count). The third kappa shape index (κ3) is 1.53. The monoisotopic (exact) mass is 128 g/mol. The van der Waals surface area contributed by atoms with Gasteiger partial charge in [-0.3, -0.25) is 0 Å². The van der Waals surface area contributed by atoms with Crippen LogP contribution in [0.4, 0.5) is 0 Å². The van der Waals surface area contributed by atoms with Crippen LogP contribution in [0.15, 0.2) is 12.7 Å². The van der Waals surface area contributed by atoms with Crippen molar-refractivity contribution in [3.05, 3.63) is 12.7 Å².